The van der Waals surface area contributed by atoms with Crippen molar-refractivity contribution in [3.8, 4) is 11.1 Å². The van der Waals surface area contributed by atoms with Gasteiger partial charge in [-0.25, -0.2) is 18.5 Å². The number of anilines is 1. The molecule has 0 radical (unpaired) electrons. The maximum atomic E-state index is 12.4. The Morgan fingerprint density at radius 2 is 1.88 bits per heavy atom. The molecule has 2 aromatic heterocycles. The van der Waals surface area contributed by atoms with Crippen LogP contribution in [0.2, 0.25) is 5.02 Å². The lowest BCUT2D eigenvalue weighted by atomic mass is 10.1. The van der Waals surface area contributed by atoms with Crippen molar-refractivity contribution in [2.24, 2.45) is 5.14 Å². The molecule has 7 nitrogen and oxygen atoms in total. The molecule has 0 bridgehead atoms. The summed E-state index contributed by atoms with van der Waals surface area (Å²) < 4.78 is 23.3. The van der Waals surface area contributed by atoms with E-state index >= 15 is 0 Å². The number of aromatic amines is 1. The standard InChI is InChI=1S/C15H17ClN4O3S/c16-13-9-18-8-12(14(13)21)11-6-10(24(17,22)23)7-19-15(11)20-4-2-1-3-5-20/h6-9H,1-5H2,(H,18,21)(H2,17,22,23). The molecule has 1 saturated heterocycles. The molecule has 0 atom stereocenters. The van der Waals surface area contributed by atoms with Crippen molar-refractivity contribution < 1.29 is 8.42 Å². The second kappa shape index (κ2) is 6.54. The summed E-state index contributed by atoms with van der Waals surface area (Å²) in [5, 5.41) is 5.23. The Morgan fingerprint density at radius 3 is 2.54 bits per heavy atom. The van der Waals surface area contributed by atoms with Crippen molar-refractivity contribution in [3.05, 3.63) is 39.9 Å². The molecule has 0 saturated carbocycles. The highest BCUT2D eigenvalue weighted by Crippen LogP contribution is 2.31. The van der Waals surface area contributed by atoms with Gasteiger partial charge < -0.3 is 9.88 Å². The number of aromatic nitrogens is 2. The molecule has 3 N–H and O–H groups in total. The van der Waals surface area contributed by atoms with Crippen molar-refractivity contribution >= 4 is 27.4 Å². The summed E-state index contributed by atoms with van der Waals surface area (Å²) in [4.78, 5) is 21.4. The van der Waals surface area contributed by atoms with Crippen molar-refractivity contribution in [1.82, 2.24) is 9.97 Å². The zero-order valence-corrected chi connectivity index (χ0v) is 14.4. The van der Waals surface area contributed by atoms with Crippen molar-refractivity contribution in [2.75, 3.05) is 18.0 Å². The number of halogens is 1. The number of hydrogen-bond acceptors (Lipinski definition) is 5. The Kier molecular flexibility index (Phi) is 4.62. The first-order chi connectivity index (χ1) is 11.4. The number of nitrogens with one attached hydrogen (secondary N) is 1. The molecule has 1 aliphatic heterocycles. The van der Waals surface area contributed by atoms with Gasteiger partial charge in [-0.3, -0.25) is 4.79 Å². The molecule has 0 aromatic carbocycles. The summed E-state index contributed by atoms with van der Waals surface area (Å²) in [6.07, 6.45) is 7.27. The number of H-pyrrole nitrogens is 1. The van der Waals surface area contributed by atoms with Crippen LogP contribution in [0.3, 0.4) is 0 Å². The Labute approximate surface area is 144 Å². The van der Waals surface area contributed by atoms with Gasteiger partial charge in [0.25, 0.3) is 0 Å². The molecule has 0 unspecified atom stereocenters. The van der Waals surface area contributed by atoms with Crippen LogP contribution in [0.15, 0.2) is 34.3 Å². The van der Waals surface area contributed by atoms with Gasteiger partial charge in [-0.2, -0.15) is 0 Å². The van der Waals surface area contributed by atoms with Crippen LogP contribution in [0, 0.1) is 0 Å². The van der Waals surface area contributed by atoms with E-state index in [2.05, 4.69) is 9.97 Å². The van der Waals surface area contributed by atoms with E-state index in [4.69, 9.17) is 16.7 Å². The molecule has 128 valence electrons. The first kappa shape index (κ1) is 16.9. The molecule has 9 heteroatoms. The summed E-state index contributed by atoms with van der Waals surface area (Å²) in [6.45, 7) is 1.60. The Hall–Kier alpha value is -1.90. The smallest absolute Gasteiger partial charge is 0.239 e. The Bertz CT molecular complexity index is 921. The van der Waals surface area contributed by atoms with Crippen molar-refractivity contribution in [1.29, 1.82) is 0 Å². The number of pyridine rings is 2. The third-order valence-corrected chi connectivity index (χ3v) is 5.18. The maximum Gasteiger partial charge on any atom is 0.239 e. The molecule has 3 rings (SSSR count). The van der Waals surface area contributed by atoms with Crippen LogP contribution in [-0.4, -0.2) is 31.5 Å². The van der Waals surface area contributed by atoms with Gasteiger partial charge >= 0.3 is 0 Å². The predicted molar refractivity (Wildman–Crippen MR) is 92.7 cm³/mol. The largest absolute Gasteiger partial charge is 0.366 e. The normalized spacial score (nSPS) is 15.5. The van der Waals surface area contributed by atoms with Crippen molar-refractivity contribution in [3.63, 3.8) is 0 Å². The minimum Gasteiger partial charge on any atom is -0.366 e. The van der Waals surface area contributed by atoms with Crippen LogP contribution in [0.5, 0.6) is 0 Å². The summed E-state index contributed by atoms with van der Waals surface area (Å²) in [6, 6.07) is 1.38. The molecule has 1 aliphatic rings. The van der Waals surface area contributed by atoms with Gasteiger partial charge in [-0.15, -0.1) is 0 Å². The molecule has 24 heavy (non-hydrogen) atoms. The van der Waals surface area contributed by atoms with Crippen LogP contribution in [0.1, 0.15) is 19.3 Å². The van der Waals surface area contributed by atoms with E-state index in [1.807, 2.05) is 4.90 Å². The minimum atomic E-state index is -3.93. The molecule has 0 amide bonds. The topological polar surface area (TPSA) is 109 Å². The monoisotopic (exact) mass is 368 g/mol. The summed E-state index contributed by atoms with van der Waals surface area (Å²) >= 11 is 5.91. The van der Waals surface area contributed by atoms with E-state index in [1.54, 1.807) is 0 Å². The number of nitrogens with zero attached hydrogens (tertiary/aromatic N) is 2. The molecule has 0 aliphatic carbocycles. The van der Waals surface area contributed by atoms with Gasteiger partial charge in [-0.1, -0.05) is 11.6 Å². The first-order valence-electron chi connectivity index (χ1n) is 7.52. The van der Waals surface area contributed by atoms with Crippen LogP contribution in [0.25, 0.3) is 11.1 Å². The van der Waals surface area contributed by atoms with E-state index in [0.29, 0.717) is 11.4 Å². The predicted octanol–water partition coefficient (Wildman–Crippen LogP) is 1.73. The number of hydrogen-bond donors (Lipinski definition) is 2. The third-order valence-electron chi connectivity index (χ3n) is 4.02. The van der Waals surface area contributed by atoms with Crippen LogP contribution in [-0.2, 0) is 10.0 Å². The van der Waals surface area contributed by atoms with E-state index < -0.39 is 10.0 Å². The minimum absolute atomic E-state index is 0.0260. The quantitative estimate of drug-likeness (QED) is 0.857. The molecular weight excluding hydrogens is 352 g/mol. The molecule has 0 spiro atoms. The number of nitrogens with two attached hydrogens (primary N) is 1. The highest BCUT2D eigenvalue weighted by molar-refractivity contribution is 7.89. The fourth-order valence-electron chi connectivity index (χ4n) is 2.81. The summed E-state index contributed by atoms with van der Waals surface area (Å²) in [7, 11) is -3.93. The molecular formula is C15H17ClN4O3S. The number of rotatable bonds is 3. The van der Waals surface area contributed by atoms with E-state index in [9.17, 15) is 13.2 Å². The van der Waals surface area contributed by atoms with E-state index in [1.165, 1.54) is 24.7 Å². The highest BCUT2D eigenvalue weighted by atomic mass is 35.5. The summed E-state index contributed by atoms with van der Waals surface area (Å²) in [5.74, 6) is 0.565. The lowest BCUT2D eigenvalue weighted by molar-refractivity contribution is 0.573. The average molecular weight is 369 g/mol. The van der Waals surface area contributed by atoms with Gasteiger partial charge in [0.2, 0.25) is 15.5 Å². The molecule has 1 fully saturated rings. The van der Waals surface area contributed by atoms with Crippen LogP contribution < -0.4 is 15.5 Å². The van der Waals surface area contributed by atoms with Crippen molar-refractivity contribution in [2.45, 2.75) is 24.2 Å². The SMILES string of the molecule is NS(=O)(=O)c1cnc(N2CCCCC2)c(-c2c[nH]cc(Cl)c2=O)c1. The van der Waals surface area contributed by atoms with Gasteiger partial charge in [0.05, 0.1) is 5.56 Å². The average Bonchev–Trinajstić information content (AvgIpc) is 2.57. The van der Waals surface area contributed by atoms with Gasteiger partial charge in [0.1, 0.15) is 15.7 Å². The number of sulfonamides is 1. The Morgan fingerprint density at radius 1 is 1.17 bits per heavy atom. The maximum absolute atomic E-state index is 12.4. The van der Waals surface area contributed by atoms with Crippen LogP contribution in [0.4, 0.5) is 5.82 Å². The zero-order chi connectivity index (χ0) is 17.3. The van der Waals surface area contributed by atoms with Gasteiger partial charge in [0.15, 0.2) is 0 Å². The lowest BCUT2D eigenvalue weighted by Gasteiger charge is -2.29. The molecule has 3 heterocycles. The number of primary sulfonamides is 1. The number of piperidine rings is 1. The molecule has 2 aromatic rings. The second-order valence-electron chi connectivity index (χ2n) is 5.68. The fourth-order valence-corrected chi connectivity index (χ4v) is 3.45. The highest BCUT2D eigenvalue weighted by Gasteiger charge is 2.21. The zero-order valence-electron chi connectivity index (χ0n) is 12.8. The Balaban J connectivity index is 2.23. The third kappa shape index (κ3) is 3.31. The van der Waals surface area contributed by atoms with E-state index in [-0.39, 0.29) is 20.9 Å². The second-order valence-corrected chi connectivity index (χ2v) is 7.65. The van der Waals surface area contributed by atoms with Gasteiger partial charge in [0, 0.05) is 37.2 Å². The lowest BCUT2D eigenvalue weighted by Crippen LogP contribution is -2.31. The first-order valence-corrected chi connectivity index (χ1v) is 9.45. The van der Waals surface area contributed by atoms with E-state index in [0.717, 1.165) is 32.4 Å². The van der Waals surface area contributed by atoms with Crippen LogP contribution >= 0.6 is 11.6 Å². The summed E-state index contributed by atoms with van der Waals surface area (Å²) in [5.41, 5.74) is 0.287. The van der Waals surface area contributed by atoms with Gasteiger partial charge in [-0.05, 0) is 25.3 Å². The fraction of sp³-hybridized carbons (Fsp3) is 0.333.